The van der Waals surface area contributed by atoms with E-state index in [1.54, 1.807) is 18.3 Å². The van der Waals surface area contributed by atoms with Crippen molar-refractivity contribution in [2.45, 2.75) is 24.6 Å². The second-order valence-corrected chi connectivity index (χ2v) is 8.13. The lowest BCUT2D eigenvalue weighted by Crippen LogP contribution is -2.13. The van der Waals surface area contributed by atoms with Gasteiger partial charge >= 0.3 is 0 Å². The molecule has 0 aliphatic heterocycles. The first-order valence-electron chi connectivity index (χ1n) is 8.93. The molecule has 0 aliphatic rings. The predicted octanol–water partition coefficient (Wildman–Crippen LogP) is 5.35. The average Bonchev–Trinajstić information content (AvgIpc) is 3.34. The van der Waals surface area contributed by atoms with E-state index < -0.39 is 0 Å². The lowest BCUT2D eigenvalue weighted by Gasteiger charge is -2.07. The van der Waals surface area contributed by atoms with Crippen LogP contribution in [0.4, 0.5) is 5.13 Å². The molecule has 4 rings (SSSR count). The van der Waals surface area contributed by atoms with Crippen LogP contribution in [0.15, 0.2) is 63.6 Å². The number of hydrogen-bond acceptors (Lipinski definition) is 7. The van der Waals surface area contributed by atoms with Gasteiger partial charge in [-0.25, -0.2) is 9.97 Å². The summed E-state index contributed by atoms with van der Waals surface area (Å²) >= 11 is 2.88. The van der Waals surface area contributed by atoms with E-state index in [4.69, 9.17) is 4.52 Å². The zero-order valence-electron chi connectivity index (χ0n) is 15.9. The van der Waals surface area contributed by atoms with E-state index in [0.29, 0.717) is 21.5 Å². The number of aromatic nitrogens is 3. The number of thioether (sulfide) groups is 1. The molecule has 0 fully saturated rings. The number of thiazole rings is 1. The summed E-state index contributed by atoms with van der Waals surface area (Å²) in [7, 11) is 0. The number of amides is 1. The maximum Gasteiger partial charge on any atom is 0.260 e. The van der Waals surface area contributed by atoms with E-state index in [9.17, 15) is 4.79 Å². The highest BCUT2D eigenvalue weighted by Gasteiger charge is 2.17. The average molecular weight is 423 g/mol. The SMILES string of the molecule is Cc1noc(C)c1CSc1ncccc1C(=O)Nc1nc(-c2ccccc2)cs1. The summed E-state index contributed by atoms with van der Waals surface area (Å²) in [5, 5.41) is 10.0. The van der Waals surface area contributed by atoms with Crippen molar-refractivity contribution in [2.75, 3.05) is 5.32 Å². The van der Waals surface area contributed by atoms with Gasteiger partial charge in [-0.3, -0.25) is 10.1 Å². The van der Waals surface area contributed by atoms with Gasteiger partial charge in [0.25, 0.3) is 5.91 Å². The molecule has 0 aliphatic carbocycles. The molecule has 3 aromatic heterocycles. The highest BCUT2D eigenvalue weighted by Crippen LogP contribution is 2.29. The first-order chi connectivity index (χ1) is 14.1. The number of pyridine rings is 1. The number of anilines is 1. The maximum absolute atomic E-state index is 12.8. The van der Waals surface area contributed by atoms with Crippen molar-refractivity contribution >= 4 is 34.1 Å². The number of benzene rings is 1. The fourth-order valence-corrected chi connectivity index (χ4v) is 4.62. The van der Waals surface area contributed by atoms with Gasteiger partial charge in [-0.05, 0) is 26.0 Å². The summed E-state index contributed by atoms with van der Waals surface area (Å²) in [4.78, 5) is 21.8. The largest absolute Gasteiger partial charge is 0.361 e. The molecule has 146 valence electrons. The fraction of sp³-hybridized carbons (Fsp3) is 0.143. The zero-order chi connectivity index (χ0) is 20.2. The van der Waals surface area contributed by atoms with E-state index in [-0.39, 0.29) is 5.91 Å². The van der Waals surface area contributed by atoms with Crippen molar-refractivity contribution in [3.63, 3.8) is 0 Å². The minimum atomic E-state index is -0.228. The van der Waals surface area contributed by atoms with Gasteiger partial charge in [-0.2, -0.15) is 0 Å². The second-order valence-electron chi connectivity index (χ2n) is 6.31. The van der Waals surface area contributed by atoms with Crippen LogP contribution in [0.3, 0.4) is 0 Å². The molecule has 1 amide bonds. The van der Waals surface area contributed by atoms with Crippen LogP contribution in [0.2, 0.25) is 0 Å². The Morgan fingerprint density at radius 2 is 2.00 bits per heavy atom. The molecule has 6 nitrogen and oxygen atoms in total. The molecule has 8 heteroatoms. The third-order valence-corrected chi connectivity index (χ3v) is 6.13. The molecule has 29 heavy (non-hydrogen) atoms. The fourth-order valence-electron chi connectivity index (χ4n) is 2.76. The monoisotopic (exact) mass is 422 g/mol. The lowest BCUT2D eigenvalue weighted by molar-refractivity contribution is 0.102. The Bertz CT molecular complexity index is 1120. The standard InChI is InChI=1S/C21H18N4O2S2/c1-13-17(14(2)27-25-13)11-28-20-16(9-6-10-22-20)19(26)24-21-23-18(12-29-21)15-7-4-3-5-8-15/h3-10,12H,11H2,1-2H3,(H,23,24,26). The quantitative estimate of drug-likeness (QED) is 0.422. The van der Waals surface area contributed by atoms with Crippen molar-refractivity contribution in [2.24, 2.45) is 0 Å². The van der Waals surface area contributed by atoms with Crippen LogP contribution in [-0.2, 0) is 5.75 Å². The van der Waals surface area contributed by atoms with Crippen LogP contribution in [-0.4, -0.2) is 21.0 Å². The van der Waals surface area contributed by atoms with Gasteiger partial charge in [0, 0.05) is 28.5 Å². The molecule has 0 unspecified atom stereocenters. The van der Waals surface area contributed by atoms with Gasteiger partial charge in [0.05, 0.1) is 17.0 Å². The van der Waals surface area contributed by atoms with E-state index in [1.807, 2.05) is 49.6 Å². The van der Waals surface area contributed by atoms with Gasteiger partial charge in [-0.1, -0.05) is 35.5 Å². The molecule has 0 radical (unpaired) electrons. The summed E-state index contributed by atoms with van der Waals surface area (Å²) < 4.78 is 5.21. The van der Waals surface area contributed by atoms with Crippen LogP contribution in [0.25, 0.3) is 11.3 Å². The summed E-state index contributed by atoms with van der Waals surface area (Å²) in [6.07, 6.45) is 1.68. The van der Waals surface area contributed by atoms with Crippen molar-refractivity contribution in [3.8, 4) is 11.3 Å². The molecule has 4 aromatic rings. The zero-order valence-corrected chi connectivity index (χ0v) is 17.5. The van der Waals surface area contributed by atoms with Gasteiger partial charge in [-0.15, -0.1) is 23.1 Å². The molecule has 3 heterocycles. The van der Waals surface area contributed by atoms with E-state index in [0.717, 1.165) is 28.3 Å². The summed E-state index contributed by atoms with van der Waals surface area (Å²) in [5.74, 6) is 1.19. The number of nitrogens with zero attached hydrogens (tertiary/aromatic N) is 3. The molecular weight excluding hydrogens is 404 g/mol. The topological polar surface area (TPSA) is 80.9 Å². The van der Waals surface area contributed by atoms with Crippen LogP contribution in [0, 0.1) is 13.8 Å². The molecule has 0 saturated carbocycles. The highest BCUT2D eigenvalue weighted by atomic mass is 32.2. The van der Waals surface area contributed by atoms with Crippen molar-refractivity contribution in [1.29, 1.82) is 0 Å². The molecule has 1 N–H and O–H groups in total. The minimum Gasteiger partial charge on any atom is -0.361 e. The van der Waals surface area contributed by atoms with E-state index >= 15 is 0 Å². The molecule has 0 spiro atoms. The lowest BCUT2D eigenvalue weighted by atomic mass is 10.2. The van der Waals surface area contributed by atoms with Crippen molar-refractivity contribution < 1.29 is 9.32 Å². The highest BCUT2D eigenvalue weighted by molar-refractivity contribution is 7.98. The molecule has 1 aromatic carbocycles. The smallest absolute Gasteiger partial charge is 0.260 e. The molecule has 0 bridgehead atoms. The summed E-state index contributed by atoms with van der Waals surface area (Å²) in [6.45, 7) is 3.79. The Balaban J connectivity index is 1.49. The second kappa shape index (κ2) is 8.59. The summed E-state index contributed by atoms with van der Waals surface area (Å²) in [5.41, 5.74) is 4.25. The third-order valence-electron chi connectivity index (χ3n) is 4.34. The molecule has 0 saturated heterocycles. The van der Waals surface area contributed by atoms with E-state index in [2.05, 4.69) is 20.4 Å². The Labute approximate surface area is 176 Å². The van der Waals surface area contributed by atoms with Gasteiger partial charge in [0.2, 0.25) is 0 Å². The Morgan fingerprint density at radius 1 is 1.17 bits per heavy atom. The third kappa shape index (κ3) is 4.38. The molecular formula is C21H18N4O2S2. The van der Waals surface area contributed by atoms with E-state index in [1.165, 1.54) is 23.1 Å². The number of rotatable bonds is 6. The van der Waals surface area contributed by atoms with Crippen LogP contribution in [0.1, 0.15) is 27.4 Å². The normalized spacial score (nSPS) is 10.8. The maximum atomic E-state index is 12.8. The van der Waals surface area contributed by atoms with Crippen molar-refractivity contribution in [1.82, 2.24) is 15.1 Å². The predicted molar refractivity (Wildman–Crippen MR) is 115 cm³/mol. The number of carbonyl (C=O) groups excluding carboxylic acids is 1. The van der Waals surface area contributed by atoms with Crippen LogP contribution < -0.4 is 5.32 Å². The minimum absolute atomic E-state index is 0.228. The van der Waals surface area contributed by atoms with Gasteiger partial charge < -0.3 is 4.52 Å². The first kappa shape index (κ1) is 19.4. The first-order valence-corrected chi connectivity index (χ1v) is 10.8. The van der Waals surface area contributed by atoms with Gasteiger partial charge in [0.15, 0.2) is 5.13 Å². The molecule has 0 atom stereocenters. The Kier molecular flexibility index (Phi) is 5.73. The number of carbonyl (C=O) groups is 1. The summed E-state index contributed by atoms with van der Waals surface area (Å²) in [6, 6.07) is 13.4. The number of nitrogens with one attached hydrogen (secondary N) is 1. The Hall–Kier alpha value is -2.97. The number of hydrogen-bond donors (Lipinski definition) is 1. The van der Waals surface area contributed by atoms with Gasteiger partial charge in [0.1, 0.15) is 10.8 Å². The van der Waals surface area contributed by atoms with Crippen LogP contribution >= 0.6 is 23.1 Å². The van der Waals surface area contributed by atoms with Crippen LogP contribution in [0.5, 0.6) is 0 Å². The van der Waals surface area contributed by atoms with Crippen molar-refractivity contribution in [3.05, 3.63) is 76.6 Å². The Morgan fingerprint density at radius 3 is 2.76 bits per heavy atom. The number of aryl methyl sites for hydroxylation is 2.